The second kappa shape index (κ2) is 7.77. The SMILES string of the molecule is Cc1ncc(C(=CC(=O)O)c2cccc(OCc3ccccc3)c2)s1. The van der Waals surface area contributed by atoms with Crippen molar-refractivity contribution in [3.63, 3.8) is 0 Å². The minimum Gasteiger partial charge on any atom is -0.489 e. The predicted molar refractivity (Wildman–Crippen MR) is 98.8 cm³/mol. The minimum absolute atomic E-state index is 0.460. The summed E-state index contributed by atoms with van der Waals surface area (Å²) in [6.07, 6.45) is 2.91. The van der Waals surface area contributed by atoms with E-state index in [0.29, 0.717) is 17.9 Å². The molecule has 0 amide bonds. The fourth-order valence-corrected chi connectivity index (χ4v) is 3.22. The van der Waals surface area contributed by atoms with Crippen molar-refractivity contribution >= 4 is 22.9 Å². The third-order valence-electron chi connectivity index (χ3n) is 3.55. The van der Waals surface area contributed by atoms with Crippen LogP contribution in [0.5, 0.6) is 5.75 Å². The standard InChI is InChI=1S/C20H17NO3S/c1-14-21-12-19(25-14)18(11-20(22)23)16-8-5-9-17(10-16)24-13-15-6-3-2-4-7-15/h2-12H,13H2,1H3,(H,22,23). The molecular weight excluding hydrogens is 334 g/mol. The van der Waals surface area contributed by atoms with Gasteiger partial charge in [0.15, 0.2) is 0 Å². The van der Waals surface area contributed by atoms with Gasteiger partial charge in [0.1, 0.15) is 12.4 Å². The molecule has 0 unspecified atom stereocenters. The van der Waals surface area contributed by atoms with Crippen LogP contribution in [0.4, 0.5) is 0 Å². The third-order valence-corrected chi connectivity index (χ3v) is 4.49. The molecule has 1 heterocycles. The molecule has 0 bridgehead atoms. The lowest BCUT2D eigenvalue weighted by atomic mass is 10.0. The van der Waals surface area contributed by atoms with E-state index in [2.05, 4.69) is 4.98 Å². The van der Waals surface area contributed by atoms with E-state index in [9.17, 15) is 9.90 Å². The molecule has 0 fully saturated rings. The summed E-state index contributed by atoms with van der Waals surface area (Å²) >= 11 is 1.47. The van der Waals surface area contributed by atoms with Crippen LogP contribution in [0.1, 0.15) is 21.0 Å². The van der Waals surface area contributed by atoms with E-state index < -0.39 is 5.97 Å². The third kappa shape index (κ3) is 4.55. The summed E-state index contributed by atoms with van der Waals surface area (Å²) in [6.45, 7) is 2.36. The maximum Gasteiger partial charge on any atom is 0.328 e. The number of hydrogen-bond acceptors (Lipinski definition) is 4. The Bertz CT molecular complexity index is 900. The van der Waals surface area contributed by atoms with Gasteiger partial charge < -0.3 is 9.84 Å². The van der Waals surface area contributed by atoms with Gasteiger partial charge in [-0.05, 0) is 30.2 Å². The predicted octanol–water partition coefficient (Wildman–Crippen LogP) is 4.55. The van der Waals surface area contributed by atoms with Gasteiger partial charge in [0.25, 0.3) is 0 Å². The molecule has 3 rings (SSSR count). The number of aromatic nitrogens is 1. The lowest BCUT2D eigenvalue weighted by Gasteiger charge is -2.09. The van der Waals surface area contributed by atoms with E-state index in [1.165, 1.54) is 17.4 Å². The molecule has 1 aromatic heterocycles. The van der Waals surface area contributed by atoms with Gasteiger partial charge in [0.2, 0.25) is 0 Å². The number of rotatable bonds is 6. The maximum absolute atomic E-state index is 11.2. The van der Waals surface area contributed by atoms with Crippen LogP contribution in [0.3, 0.4) is 0 Å². The zero-order chi connectivity index (χ0) is 17.6. The Morgan fingerprint density at radius 2 is 2.00 bits per heavy atom. The van der Waals surface area contributed by atoms with E-state index in [1.54, 1.807) is 6.20 Å². The molecule has 0 aliphatic carbocycles. The maximum atomic E-state index is 11.2. The Labute approximate surface area is 150 Å². The molecule has 5 heteroatoms. The number of benzene rings is 2. The summed E-state index contributed by atoms with van der Waals surface area (Å²) in [4.78, 5) is 16.3. The monoisotopic (exact) mass is 351 g/mol. The molecule has 0 spiro atoms. The fraction of sp³-hybridized carbons (Fsp3) is 0.100. The molecule has 25 heavy (non-hydrogen) atoms. The van der Waals surface area contributed by atoms with Gasteiger partial charge in [0.05, 0.1) is 9.88 Å². The first-order valence-corrected chi connectivity index (χ1v) is 8.58. The number of nitrogens with zero attached hydrogens (tertiary/aromatic N) is 1. The van der Waals surface area contributed by atoms with Crippen LogP contribution >= 0.6 is 11.3 Å². The van der Waals surface area contributed by atoms with Crippen LogP contribution in [0, 0.1) is 6.92 Å². The van der Waals surface area contributed by atoms with Crippen LogP contribution in [-0.4, -0.2) is 16.1 Å². The van der Waals surface area contributed by atoms with E-state index >= 15 is 0 Å². The zero-order valence-electron chi connectivity index (χ0n) is 13.7. The molecule has 1 N–H and O–H groups in total. The topological polar surface area (TPSA) is 59.4 Å². The smallest absolute Gasteiger partial charge is 0.328 e. The van der Waals surface area contributed by atoms with E-state index in [0.717, 1.165) is 21.0 Å². The molecule has 0 aliphatic rings. The first-order valence-electron chi connectivity index (χ1n) is 7.76. The molecule has 126 valence electrons. The van der Waals surface area contributed by atoms with Crippen molar-refractivity contribution in [2.24, 2.45) is 0 Å². The Kier molecular flexibility index (Phi) is 5.26. The number of ether oxygens (including phenoxy) is 1. The average molecular weight is 351 g/mol. The van der Waals surface area contributed by atoms with Gasteiger partial charge >= 0.3 is 5.97 Å². The van der Waals surface area contributed by atoms with Crippen LogP contribution in [0.25, 0.3) is 5.57 Å². The number of aliphatic carboxylic acids is 1. The summed E-state index contributed by atoms with van der Waals surface area (Å²) in [7, 11) is 0. The van der Waals surface area contributed by atoms with Crippen molar-refractivity contribution in [3.05, 3.63) is 87.9 Å². The molecule has 4 nitrogen and oxygen atoms in total. The Morgan fingerprint density at radius 1 is 1.20 bits per heavy atom. The lowest BCUT2D eigenvalue weighted by molar-refractivity contribution is -0.131. The van der Waals surface area contributed by atoms with Gasteiger partial charge in [-0.25, -0.2) is 9.78 Å². The molecule has 0 atom stereocenters. The average Bonchev–Trinajstić information content (AvgIpc) is 3.05. The Hall–Kier alpha value is -2.92. The molecular formula is C20H17NO3S. The zero-order valence-corrected chi connectivity index (χ0v) is 14.5. The van der Waals surface area contributed by atoms with Crippen molar-refractivity contribution in [3.8, 4) is 5.75 Å². The molecule has 0 aliphatic heterocycles. The number of thiazole rings is 1. The van der Waals surface area contributed by atoms with Crippen LogP contribution < -0.4 is 4.74 Å². The highest BCUT2D eigenvalue weighted by Gasteiger charge is 2.11. The first-order chi connectivity index (χ1) is 12.1. The molecule has 0 radical (unpaired) electrons. The van der Waals surface area contributed by atoms with Crippen molar-refractivity contribution < 1.29 is 14.6 Å². The van der Waals surface area contributed by atoms with E-state index in [4.69, 9.17) is 4.74 Å². The van der Waals surface area contributed by atoms with Crippen LogP contribution in [0.2, 0.25) is 0 Å². The second-order valence-electron chi connectivity index (χ2n) is 5.44. The molecule has 3 aromatic rings. The highest BCUT2D eigenvalue weighted by molar-refractivity contribution is 7.12. The summed E-state index contributed by atoms with van der Waals surface area (Å²) in [5.41, 5.74) is 2.49. The lowest BCUT2D eigenvalue weighted by Crippen LogP contribution is -1.97. The molecule has 2 aromatic carbocycles. The Morgan fingerprint density at radius 3 is 2.68 bits per heavy atom. The van der Waals surface area contributed by atoms with Gasteiger partial charge in [-0.2, -0.15) is 0 Å². The van der Waals surface area contributed by atoms with Gasteiger partial charge in [-0.3, -0.25) is 0 Å². The first kappa shape index (κ1) is 16.9. The second-order valence-corrected chi connectivity index (χ2v) is 6.68. The van der Waals surface area contributed by atoms with Crippen molar-refractivity contribution in [1.29, 1.82) is 0 Å². The fourth-order valence-electron chi connectivity index (χ4n) is 2.40. The van der Waals surface area contributed by atoms with Gasteiger partial charge in [0, 0.05) is 17.8 Å². The summed E-state index contributed by atoms with van der Waals surface area (Å²) in [5, 5.41) is 10.1. The van der Waals surface area contributed by atoms with Crippen molar-refractivity contribution in [1.82, 2.24) is 4.98 Å². The minimum atomic E-state index is -0.989. The van der Waals surface area contributed by atoms with Gasteiger partial charge in [-0.15, -0.1) is 11.3 Å². The molecule has 0 saturated heterocycles. The summed E-state index contributed by atoms with van der Waals surface area (Å²) < 4.78 is 5.84. The highest BCUT2D eigenvalue weighted by atomic mass is 32.1. The highest BCUT2D eigenvalue weighted by Crippen LogP contribution is 2.30. The van der Waals surface area contributed by atoms with Gasteiger partial charge in [-0.1, -0.05) is 42.5 Å². The van der Waals surface area contributed by atoms with Crippen LogP contribution in [-0.2, 0) is 11.4 Å². The number of carboxylic acid groups (broad SMARTS) is 1. The summed E-state index contributed by atoms with van der Waals surface area (Å²) in [5.74, 6) is -0.296. The summed E-state index contributed by atoms with van der Waals surface area (Å²) in [6, 6.07) is 17.3. The van der Waals surface area contributed by atoms with Crippen LogP contribution in [0.15, 0.2) is 66.9 Å². The number of carbonyl (C=O) groups is 1. The largest absolute Gasteiger partial charge is 0.489 e. The molecule has 0 saturated carbocycles. The van der Waals surface area contributed by atoms with Crippen molar-refractivity contribution in [2.75, 3.05) is 0 Å². The van der Waals surface area contributed by atoms with E-state index in [1.807, 2.05) is 61.5 Å². The van der Waals surface area contributed by atoms with E-state index in [-0.39, 0.29) is 0 Å². The number of hydrogen-bond donors (Lipinski definition) is 1. The number of aryl methyl sites for hydroxylation is 1. The number of carboxylic acids is 1. The quantitative estimate of drug-likeness (QED) is 0.662. The normalized spacial score (nSPS) is 11.3. The van der Waals surface area contributed by atoms with Crippen molar-refractivity contribution in [2.45, 2.75) is 13.5 Å². The Balaban J connectivity index is 1.86.